The van der Waals surface area contributed by atoms with Crippen molar-refractivity contribution < 1.29 is 26.7 Å². The van der Waals surface area contributed by atoms with Gasteiger partial charge in [0.2, 0.25) is 20.0 Å². The minimum absolute atomic E-state index is 0.0618. The Bertz CT molecular complexity index is 704. The second-order valence-corrected chi connectivity index (χ2v) is 8.90. The summed E-state index contributed by atoms with van der Waals surface area (Å²) in [7, 11) is -6.19. The summed E-state index contributed by atoms with van der Waals surface area (Å²) in [5.74, 6) is -1.61. The van der Waals surface area contributed by atoms with Crippen LogP contribution >= 0.6 is 11.3 Å². The van der Waals surface area contributed by atoms with E-state index in [1.807, 2.05) is 0 Å². The van der Waals surface area contributed by atoms with Crippen LogP contribution in [0.25, 0.3) is 0 Å². The number of aromatic carboxylic acids is 1. The molecule has 0 fully saturated rings. The van der Waals surface area contributed by atoms with Crippen LogP contribution in [-0.4, -0.2) is 47.3 Å². The number of nitrogens with one attached hydrogen (secondary N) is 2. The minimum atomic E-state index is -3.91. The first-order valence-corrected chi connectivity index (χ1v) is 9.29. The second-order valence-electron chi connectivity index (χ2n) is 3.80. The summed E-state index contributed by atoms with van der Waals surface area (Å²) < 4.78 is 50.1. The van der Waals surface area contributed by atoms with Crippen molar-refractivity contribution in [2.24, 2.45) is 0 Å². The topological polar surface area (TPSA) is 130 Å². The Balaban J connectivity index is 2.85. The molecule has 0 amide bonds. The SMILES string of the molecule is CNS(=O)(=O)CCNS(=O)(=O)c1cc(C)c(C(=O)O)s1. The van der Waals surface area contributed by atoms with E-state index in [9.17, 15) is 21.6 Å². The standard InChI is InChI=1S/C9H14N2O6S3/c1-6-5-7(18-8(6)9(12)13)20(16,17)11-3-4-19(14,15)10-2/h5,10-11H,3-4H2,1-2H3,(H,12,13). The Hall–Kier alpha value is -1.01. The third-order valence-electron chi connectivity index (χ3n) is 2.33. The normalized spacial score (nSPS) is 12.5. The predicted molar refractivity (Wildman–Crippen MR) is 74.1 cm³/mol. The fourth-order valence-corrected chi connectivity index (χ4v) is 4.44. The maximum Gasteiger partial charge on any atom is 0.346 e. The Morgan fingerprint density at radius 2 is 1.95 bits per heavy atom. The molecule has 11 heteroatoms. The third kappa shape index (κ3) is 4.24. The lowest BCUT2D eigenvalue weighted by Gasteiger charge is -2.04. The second kappa shape index (κ2) is 6.18. The zero-order valence-corrected chi connectivity index (χ0v) is 13.2. The summed E-state index contributed by atoms with van der Waals surface area (Å²) in [6.07, 6.45) is 0. The van der Waals surface area contributed by atoms with Crippen molar-refractivity contribution in [3.8, 4) is 0 Å². The highest BCUT2D eigenvalue weighted by Gasteiger charge is 2.22. The van der Waals surface area contributed by atoms with Gasteiger partial charge in [-0.2, -0.15) is 0 Å². The zero-order valence-electron chi connectivity index (χ0n) is 10.7. The molecular formula is C9H14N2O6S3. The molecule has 0 aliphatic carbocycles. The van der Waals surface area contributed by atoms with Crippen LogP contribution in [0.2, 0.25) is 0 Å². The van der Waals surface area contributed by atoms with Crippen LogP contribution in [-0.2, 0) is 20.0 Å². The Morgan fingerprint density at radius 3 is 2.40 bits per heavy atom. The fraction of sp³-hybridized carbons (Fsp3) is 0.444. The van der Waals surface area contributed by atoms with Crippen molar-refractivity contribution in [3.05, 3.63) is 16.5 Å². The van der Waals surface area contributed by atoms with Crippen molar-refractivity contribution in [1.29, 1.82) is 0 Å². The van der Waals surface area contributed by atoms with Gasteiger partial charge in [-0.05, 0) is 25.6 Å². The fourth-order valence-electron chi connectivity index (χ4n) is 1.28. The highest BCUT2D eigenvalue weighted by Crippen LogP contribution is 2.25. The minimum Gasteiger partial charge on any atom is -0.477 e. The van der Waals surface area contributed by atoms with Gasteiger partial charge in [0.05, 0.1) is 5.75 Å². The van der Waals surface area contributed by atoms with Crippen LogP contribution in [0, 0.1) is 6.92 Å². The van der Waals surface area contributed by atoms with Crippen LogP contribution in [0.15, 0.2) is 10.3 Å². The van der Waals surface area contributed by atoms with Gasteiger partial charge in [0, 0.05) is 6.54 Å². The predicted octanol–water partition coefficient (Wildman–Crippen LogP) is -0.418. The molecule has 0 saturated carbocycles. The lowest BCUT2D eigenvalue weighted by atomic mass is 10.3. The largest absolute Gasteiger partial charge is 0.477 e. The van der Waals surface area contributed by atoms with E-state index in [0.717, 1.165) is 0 Å². The van der Waals surface area contributed by atoms with Gasteiger partial charge in [-0.3, -0.25) is 0 Å². The Kier molecular flexibility index (Phi) is 5.27. The molecule has 1 aromatic heterocycles. The molecule has 1 rings (SSSR count). The summed E-state index contributed by atoms with van der Waals surface area (Å²) in [5.41, 5.74) is 0.339. The molecule has 0 spiro atoms. The molecular weight excluding hydrogens is 328 g/mol. The van der Waals surface area contributed by atoms with E-state index in [0.29, 0.717) is 16.9 Å². The number of rotatable bonds is 7. The van der Waals surface area contributed by atoms with Crippen molar-refractivity contribution in [1.82, 2.24) is 9.44 Å². The highest BCUT2D eigenvalue weighted by atomic mass is 32.2. The van der Waals surface area contributed by atoms with Crippen LogP contribution in [0.5, 0.6) is 0 Å². The Morgan fingerprint density at radius 1 is 1.35 bits per heavy atom. The molecule has 0 unspecified atom stereocenters. The first-order chi connectivity index (χ1) is 9.09. The molecule has 20 heavy (non-hydrogen) atoms. The smallest absolute Gasteiger partial charge is 0.346 e. The van der Waals surface area contributed by atoms with E-state index in [4.69, 9.17) is 5.11 Å². The summed E-state index contributed by atoms with van der Waals surface area (Å²) in [6, 6.07) is 1.24. The molecule has 8 nitrogen and oxygen atoms in total. The first-order valence-electron chi connectivity index (χ1n) is 5.33. The number of sulfonamides is 2. The van der Waals surface area contributed by atoms with Crippen molar-refractivity contribution in [3.63, 3.8) is 0 Å². The Labute approximate surface area is 120 Å². The molecule has 1 heterocycles. The average molecular weight is 342 g/mol. The van der Waals surface area contributed by atoms with Crippen molar-refractivity contribution >= 4 is 37.4 Å². The number of carboxylic acids is 1. The molecule has 0 saturated heterocycles. The van der Waals surface area contributed by atoms with E-state index < -0.39 is 31.8 Å². The molecule has 3 N–H and O–H groups in total. The number of thiophene rings is 1. The molecule has 1 aromatic rings. The molecule has 0 atom stereocenters. The van der Waals surface area contributed by atoms with Crippen LogP contribution < -0.4 is 9.44 Å². The van der Waals surface area contributed by atoms with Crippen LogP contribution in [0.4, 0.5) is 0 Å². The molecule has 0 radical (unpaired) electrons. The van der Waals surface area contributed by atoms with E-state index in [-0.39, 0.29) is 15.6 Å². The average Bonchev–Trinajstić information content (AvgIpc) is 2.71. The molecule has 0 bridgehead atoms. The number of carboxylic acid groups (broad SMARTS) is 1. The molecule has 0 aliphatic rings. The molecule has 0 aliphatic heterocycles. The third-order valence-corrected chi connectivity index (χ3v) is 6.85. The van der Waals surface area contributed by atoms with Gasteiger partial charge in [-0.25, -0.2) is 31.1 Å². The van der Waals surface area contributed by atoms with Gasteiger partial charge < -0.3 is 5.11 Å². The summed E-state index contributed by atoms with van der Waals surface area (Å²) >= 11 is 0.623. The lowest BCUT2D eigenvalue weighted by molar-refractivity contribution is 0.0701. The number of carbonyl (C=O) groups is 1. The van der Waals surface area contributed by atoms with E-state index in [1.165, 1.54) is 20.0 Å². The van der Waals surface area contributed by atoms with Gasteiger partial charge >= 0.3 is 5.97 Å². The van der Waals surface area contributed by atoms with E-state index in [1.54, 1.807) is 0 Å². The van der Waals surface area contributed by atoms with E-state index in [2.05, 4.69) is 9.44 Å². The lowest BCUT2D eigenvalue weighted by Crippen LogP contribution is -2.32. The molecule has 114 valence electrons. The maximum atomic E-state index is 11.9. The quantitative estimate of drug-likeness (QED) is 0.617. The first kappa shape index (κ1) is 17.0. The zero-order chi connectivity index (χ0) is 15.6. The number of hydrogen-bond donors (Lipinski definition) is 3. The van der Waals surface area contributed by atoms with Gasteiger partial charge in [0.15, 0.2) is 0 Å². The van der Waals surface area contributed by atoms with Crippen molar-refractivity contribution in [2.75, 3.05) is 19.3 Å². The van der Waals surface area contributed by atoms with Gasteiger partial charge in [0.1, 0.15) is 9.09 Å². The van der Waals surface area contributed by atoms with Crippen LogP contribution in [0.1, 0.15) is 15.2 Å². The van der Waals surface area contributed by atoms with Gasteiger partial charge in [-0.1, -0.05) is 0 Å². The number of aryl methyl sites for hydroxylation is 1. The molecule has 0 aromatic carbocycles. The van der Waals surface area contributed by atoms with Crippen LogP contribution in [0.3, 0.4) is 0 Å². The summed E-state index contributed by atoms with van der Waals surface area (Å²) in [5, 5.41) is 8.87. The van der Waals surface area contributed by atoms with Gasteiger partial charge in [-0.15, -0.1) is 11.3 Å². The maximum absolute atomic E-state index is 11.9. The highest BCUT2D eigenvalue weighted by molar-refractivity contribution is 7.92. The monoisotopic (exact) mass is 342 g/mol. The van der Waals surface area contributed by atoms with Gasteiger partial charge in [0.25, 0.3) is 0 Å². The van der Waals surface area contributed by atoms with E-state index >= 15 is 0 Å². The summed E-state index contributed by atoms with van der Waals surface area (Å²) in [4.78, 5) is 10.8. The summed E-state index contributed by atoms with van der Waals surface area (Å²) in [6.45, 7) is 1.19. The van der Waals surface area contributed by atoms with Crippen molar-refractivity contribution in [2.45, 2.75) is 11.1 Å². The number of hydrogen-bond acceptors (Lipinski definition) is 6.